The number of aryl methyl sites for hydroxylation is 1. The Hall–Kier alpha value is -2.11. The Morgan fingerprint density at radius 3 is 2.29 bits per heavy atom. The summed E-state index contributed by atoms with van der Waals surface area (Å²) in [6, 6.07) is 2.27. The predicted molar refractivity (Wildman–Crippen MR) is 83.3 cm³/mol. The molecule has 0 aliphatic carbocycles. The highest BCUT2D eigenvalue weighted by molar-refractivity contribution is 6.35. The van der Waals surface area contributed by atoms with Crippen LogP contribution in [0, 0.1) is 13.8 Å². The van der Waals surface area contributed by atoms with Crippen LogP contribution in [0.2, 0.25) is 0 Å². The molecule has 0 atom stereocenters. The van der Waals surface area contributed by atoms with Gasteiger partial charge in [0.25, 0.3) is 0 Å². The van der Waals surface area contributed by atoms with Gasteiger partial charge in [0.15, 0.2) is 0 Å². The maximum atomic E-state index is 11.5. The lowest BCUT2D eigenvalue weighted by Crippen LogP contribution is -2.41. The molecule has 0 fully saturated rings. The van der Waals surface area contributed by atoms with Crippen LogP contribution in [-0.4, -0.2) is 28.6 Å². The highest BCUT2D eigenvalue weighted by atomic mass is 16.2. The van der Waals surface area contributed by atoms with Gasteiger partial charge in [0.1, 0.15) is 0 Å². The van der Waals surface area contributed by atoms with E-state index >= 15 is 0 Å². The molecule has 0 saturated carbocycles. The summed E-state index contributed by atoms with van der Waals surface area (Å²) in [6.45, 7) is 11.8. The van der Waals surface area contributed by atoms with Gasteiger partial charge in [-0.25, -0.2) is 5.43 Å². The number of amides is 2. The molecule has 0 spiro atoms. The largest absolute Gasteiger partial charge is 0.346 e. The van der Waals surface area contributed by atoms with Crippen LogP contribution in [0.5, 0.6) is 0 Å². The van der Waals surface area contributed by atoms with Crippen molar-refractivity contribution in [2.75, 3.05) is 0 Å². The van der Waals surface area contributed by atoms with Crippen molar-refractivity contribution in [2.45, 2.75) is 53.6 Å². The monoisotopic (exact) mass is 292 g/mol. The van der Waals surface area contributed by atoms with Crippen molar-refractivity contribution >= 4 is 18.0 Å². The van der Waals surface area contributed by atoms with Gasteiger partial charge >= 0.3 is 11.8 Å². The molecule has 1 rings (SSSR count). The van der Waals surface area contributed by atoms with Gasteiger partial charge in [0.2, 0.25) is 0 Å². The summed E-state index contributed by atoms with van der Waals surface area (Å²) >= 11 is 0. The molecule has 1 heterocycles. The van der Waals surface area contributed by atoms with Crippen molar-refractivity contribution in [1.29, 1.82) is 0 Å². The van der Waals surface area contributed by atoms with Crippen LogP contribution in [0.25, 0.3) is 0 Å². The number of hydrogen-bond acceptors (Lipinski definition) is 3. The van der Waals surface area contributed by atoms with Gasteiger partial charge in [-0.05, 0) is 47.6 Å². The average molecular weight is 292 g/mol. The molecule has 0 radical (unpaired) electrons. The van der Waals surface area contributed by atoms with Crippen molar-refractivity contribution in [2.24, 2.45) is 5.10 Å². The number of aromatic nitrogens is 1. The minimum absolute atomic E-state index is 0.0859. The normalized spacial score (nSPS) is 11.4. The van der Waals surface area contributed by atoms with E-state index in [2.05, 4.69) is 34.3 Å². The number of carbonyl (C=O) groups is 2. The lowest BCUT2D eigenvalue weighted by Gasteiger charge is -2.13. The predicted octanol–water partition coefficient (Wildman–Crippen LogP) is 1.66. The van der Waals surface area contributed by atoms with Crippen molar-refractivity contribution in [3.05, 3.63) is 23.0 Å². The number of carbonyl (C=O) groups excluding carboxylic acids is 2. The summed E-state index contributed by atoms with van der Waals surface area (Å²) in [5, 5.41) is 6.35. The first-order valence-electron chi connectivity index (χ1n) is 7.06. The van der Waals surface area contributed by atoms with Gasteiger partial charge in [-0.15, -0.1) is 0 Å². The van der Waals surface area contributed by atoms with Gasteiger partial charge in [-0.1, -0.05) is 0 Å². The van der Waals surface area contributed by atoms with Gasteiger partial charge < -0.3 is 9.88 Å². The first-order chi connectivity index (χ1) is 9.73. The molecule has 6 heteroatoms. The van der Waals surface area contributed by atoms with Crippen LogP contribution in [-0.2, 0) is 9.59 Å². The maximum Gasteiger partial charge on any atom is 0.329 e. The van der Waals surface area contributed by atoms with E-state index in [1.165, 1.54) is 0 Å². The maximum absolute atomic E-state index is 11.5. The second-order valence-corrected chi connectivity index (χ2v) is 5.62. The molecule has 21 heavy (non-hydrogen) atoms. The number of nitrogens with one attached hydrogen (secondary N) is 2. The zero-order valence-corrected chi connectivity index (χ0v) is 13.5. The molecule has 0 saturated heterocycles. The van der Waals surface area contributed by atoms with Crippen LogP contribution in [0.4, 0.5) is 0 Å². The second-order valence-electron chi connectivity index (χ2n) is 5.62. The Kier molecular flexibility index (Phi) is 5.69. The van der Waals surface area contributed by atoms with Crippen molar-refractivity contribution < 1.29 is 9.59 Å². The summed E-state index contributed by atoms with van der Waals surface area (Å²) in [6.07, 6.45) is 1.56. The van der Waals surface area contributed by atoms with E-state index in [1.807, 2.05) is 19.9 Å². The van der Waals surface area contributed by atoms with E-state index < -0.39 is 11.8 Å². The Labute approximate surface area is 125 Å². The summed E-state index contributed by atoms with van der Waals surface area (Å²) in [5.74, 6) is -1.45. The van der Waals surface area contributed by atoms with E-state index in [1.54, 1.807) is 20.1 Å². The molecule has 2 N–H and O–H groups in total. The lowest BCUT2D eigenvalue weighted by molar-refractivity contribution is -0.139. The fourth-order valence-electron chi connectivity index (χ4n) is 2.27. The third-order valence-electron chi connectivity index (χ3n) is 3.04. The van der Waals surface area contributed by atoms with Gasteiger partial charge in [-0.2, -0.15) is 5.10 Å². The molecule has 0 aliphatic rings. The zero-order chi connectivity index (χ0) is 16.2. The number of rotatable bonds is 4. The van der Waals surface area contributed by atoms with Crippen LogP contribution >= 0.6 is 0 Å². The SMILES string of the molecule is Cc1cc(/C=N\NC(=O)C(=O)NC(C)C)c(C)n1C(C)C. The minimum Gasteiger partial charge on any atom is -0.346 e. The third-order valence-corrected chi connectivity index (χ3v) is 3.04. The van der Waals surface area contributed by atoms with E-state index in [0.29, 0.717) is 6.04 Å². The Balaban J connectivity index is 2.72. The van der Waals surface area contributed by atoms with Gasteiger partial charge in [-0.3, -0.25) is 9.59 Å². The third kappa shape index (κ3) is 4.44. The molecule has 0 aliphatic heterocycles. The van der Waals surface area contributed by atoms with E-state index in [0.717, 1.165) is 17.0 Å². The molecule has 0 unspecified atom stereocenters. The number of nitrogens with zero attached hydrogens (tertiary/aromatic N) is 2. The summed E-state index contributed by atoms with van der Waals surface area (Å²) in [4.78, 5) is 22.9. The number of hydrogen-bond donors (Lipinski definition) is 2. The average Bonchev–Trinajstić information content (AvgIpc) is 2.63. The smallest absolute Gasteiger partial charge is 0.329 e. The van der Waals surface area contributed by atoms with E-state index in [9.17, 15) is 9.59 Å². The van der Waals surface area contributed by atoms with Crippen LogP contribution < -0.4 is 10.7 Å². The lowest BCUT2D eigenvalue weighted by atomic mass is 10.2. The van der Waals surface area contributed by atoms with Crippen LogP contribution in [0.15, 0.2) is 11.2 Å². The minimum atomic E-state index is -0.766. The molecule has 6 nitrogen and oxygen atoms in total. The van der Waals surface area contributed by atoms with E-state index in [-0.39, 0.29) is 6.04 Å². The number of hydrazone groups is 1. The van der Waals surface area contributed by atoms with Crippen molar-refractivity contribution in [1.82, 2.24) is 15.3 Å². The van der Waals surface area contributed by atoms with Crippen molar-refractivity contribution in [3.63, 3.8) is 0 Å². The van der Waals surface area contributed by atoms with Gasteiger partial charge in [0, 0.05) is 29.0 Å². The fourth-order valence-corrected chi connectivity index (χ4v) is 2.27. The standard InChI is InChI=1S/C15H24N4O2/c1-9(2)17-14(20)15(21)18-16-8-13-7-11(5)19(10(3)4)12(13)6/h7-10H,1-6H3,(H,17,20)(H,18,21)/b16-8-. The fraction of sp³-hybridized carbons (Fsp3) is 0.533. The highest BCUT2D eigenvalue weighted by Gasteiger charge is 2.13. The Morgan fingerprint density at radius 1 is 1.19 bits per heavy atom. The Morgan fingerprint density at radius 2 is 1.81 bits per heavy atom. The van der Waals surface area contributed by atoms with Crippen LogP contribution in [0.1, 0.15) is 50.7 Å². The zero-order valence-electron chi connectivity index (χ0n) is 13.5. The Bertz CT molecular complexity index is 556. The van der Waals surface area contributed by atoms with Crippen LogP contribution in [0.3, 0.4) is 0 Å². The summed E-state index contributed by atoms with van der Waals surface area (Å²) < 4.78 is 2.19. The topological polar surface area (TPSA) is 75.5 Å². The molecular weight excluding hydrogens is 268 g/mol. The van der Waals surface area contributed by atoms with Gasteiger partial charge in [0.05, 0.1) is 6.21 Å². The molecule has 1 aromatic heterocycles. The molecule has 0 bridgehead atoms. The first-order valence-corrected chi connectivity index (χ1v) is 7.06. The highest BCUT2D eigenvalue weighted by Crippen LogP contribution is 2.18. The molecule has 1 aromatic rings. The first kappa shape index (κ1) is 16.9. The summed E-state index contributed by atoms with van der Waals surface area (Å²) in [5.41, 5.74) is 5.36. The second kappa shape index (κ2) is 7.06. The molecule has 116 valence electrons. The summed E-state index contributed by atoms with van der Waals surface area (Å²) in [7, 11) is 0. The molecule has 0 aromatic carbocycles. The quantitative estimate of drug-likeness (QED) is 0.503. The van der Waals surface area contributed by atoms with E-state index in [4.69, 9.17) is 0 Å². The molecule has 2 amide bonds. The molecular formula is C15H24N4O2. The van der Waals surface area contributed by atoms with Crippen molar-refractivity contribution in [3.8, 4) is 0 Å².